The second-order valence-electron chi connectivity index (χ2n) is 4.32. The number of fused-ring (bicyclic) bond motifs is 1. The Labute approximate surface area is 97.4 Å². The average molecular weight is 232 g/mol. The van der Waals surface area contributed by atoms with E-state index in [-0.39, 0.29) is 5.82 Å². The molecule has 5 heteroatoms. The zero-order chi connectivity index (χ0) is 11.8. The number of aromatic amines is 1. The van der Waals surface area contributed by atoms with Gasteiger partial charge in [-0.3, -0.25) is 0 Å². The lowest BCUT2D eigenvalue weighted by molar-refractivity contribution is 0.0685. The largest absolute Gasteiger partial charge is 0.493 e. The molecule has 2 aromatic rings. The molecule has 0 bridgehead atoms. The molecular formula is C12H12N2O3. The summed E-state index contributed by atoms with van der Waals surface area (Å²) < 4.78 is 5.61. The van der Waals surface area contributed by atoms with Crippen LogP contribution in [0, 0.1) is 5.92 Å². The van der Waals surface area contributed by atoms with Gasteiger partial charge >= 0.3 is 5.97 Å². The minimum absolute atomic E-state index is 0.0423. The number of nitrogens with one attached hydrogen (secondary N) is 1. The van der Waals surface area contributed by atoms with Crippen LogP contribution in [0.4, 0.5) is 0 Å². The van der Waals surface area contributed by atoms with Gasteiger partial charge in [0.1, 0.15) is 5.75 Å². The average Bonchev–Trinajstić information content (AvgIpc) is 3.03. The van der Waals surface area contributed by atoms with Crippen LogP contribution < -0.4 is 4.74 Å². The summed E-state index contributed by atoms with van der Waals surface area (Å²) in [5.41, 5.74) is 1.33. The zero-order valence-corrected chi connectivity index (χ0v) is 9.14. The van der Waals surface area contributed by atoms with Gasteiger partial charge in [0.05, 0.1) is 17.6 Å². The third-order valence-corrected chi connectivity index (χ3v) is 2.84. The first-order valence-corrected chi connectivity index (χ1v) is 5.58. The standard InChI is InChI=1S/C12H12N2O3/c15-12(16)11-13-9-4-3-8(5-10(9)14-11)17-6-7-1-2-7/h3-5,7H,1-2,6H2,(H,13,14)(H,15,16). The minimum atomic E-state index is -1.05. The van der Waals surface area contributed by atoms with E-state index in [9.17, 15) is 4.79 Å². The van der Waals surface area contributed by atoms with Crippen LogP contribution in [-0.4, -0.2) is 27.7 Å². The van der Waals surface area contributed by atoms with Gasteiger partial charge < -0.3 is 14.8 Å². The Morgan fingerprint density at radius 1 is 1.53 bits per heavy atom. The fourth-order valence-electron chi connectivity index (χ4n) is 1.68. The van der Waals surface area contributed by atoms with Crippen molar-refractivity contribution in [2.45, 2.75) is 12.8 Å². The normalized spacial score (nSPS) is 15.1. The molecule has 0 spiro atoms. The third-order valence-electron chi connectivity index (χ3n) is 2.84. The number of aromatic nitrogens is 2. The van der Waals surface area contributed by atoms with Crippen molar-refractivity contribution in [1.29, 1.82) is 0 Å². The monoisotopic (exact) mass is 232 g/mol. The minimum Gasteiger partial charge on any atom is -0.493 e. The van der Waals surface area contributed by atoms with Crippen LogP contribution in [0.1, 0.15) is 23.5 Å². The van der Waals surface area contributed by atoms with Crippen molar-refractivity contribution in [2.75, 3.05) is 6.61 Å². The van der Waals surface area contributed by atoms with E-state index < -0.39 is 5.97 Å². The molecule has 1 aromatic heterocycles. The van der Waals surface area contributed by atoms with Crippen LogP contribution in [0.15, 0.2) is 18.2 Å². The highest BCUT2D eigenvalue weighted by atomic mass is 16.5. The smallest absolute Gasteiger partial charge is 0.371 e. The van der Waals surface area contributed by atoms with Crippen LogP contribution in [0.3, 0.4) is 0 Å². The molecule has 1 saturated carbocycles. The van der Waals surface area contributed by atoms with Gasteiger partial charge in [0.25, 0.3) is 0 Å². The summed E-state index contributed by atoms with van der Waals surface area (Å²) in [6.45, 7) is 0.741. The van der Waals surface area contributed by atoms with Crippen molar-refractivity contribution in [3.63, 3.8) is 0 Å². The lowest BCUT2D eigenvalue weighted by Gasteiger charge is -2.03. The Morgan fingerprint density at radius 3 is 3.06 bits per heavy atom. The molecule has 5 nitrogen and oxygen atoms in total. The van der Waals surface area contributed by atoms with E-state index in [1.165, 1.54) is 12.8 Å². The van der Waals surface area contributed by atoms with Crippen molar-refractivity contribution in [1.82, 2.24) is 9.97 Å². The topological polar surface area (TPSA) is 75.2 Å². The maximum atomic E-state index is 10.8. The third kappa shape index (κ3) is 2.08. The predicted octanol–water partition coefficient (Wildman–Crippen LogP) is 2.05. The van der Waals surface area contributed by atoms with E-state index in [1.54, 1.807) is 12.1 Å². The Morgan fingerprint density at radius 2 is 2.35 bits per heavy atom. The van der Waals surface area contributed by atoms with Gasteiger partial charge in [-0.05, 0) is 30.9 Å². The van der Waals surface area contributed by atoms with Gasteiger partial charge in [-0.15, -0.1) is 0 Å². The first-order valence-electron chi connectivity index (χ1n) is 5.58. The maximum Gasteiger partial charge on any atom is 0.371 e. The van der Waals surface area contributed by atoms with Crippen LogP contribution in [0.2, 0.25) is 0 Å². The highest BCUT2D eigenvalue weighted by Crippen LogP contribution is 2.30. The lowest BCUT2D eigenvalue weighted by atomic mass is 10.3. The molecule has 3 rings (SSSR count). The quantitative estimate of drug-likeness (QED) is 0.845. The van der Waals surface area contributed by atoms with Gasteiger partial charge in [0, 0.05) is 6.07 Å². The van der Waals surface area contributed by atoms with Gasteiger partial charge in [-0.25, -0.2) is 9.78 Å². The van der Waals surface area contributed by atoms with Gasteiger partial charge in [0.2, 0.25) is 5.82 Å². The summed E-state index contributed by atoms with van der Waals surface area (Å²) in [6, 6.07) is 5.37. The van der Waals surface area contributed by atoms with Crippen molar-refractivity contribution >= 4 is 17.0 Å². The van der Waals surface area contributed by atoms with Crippen LogP contribution in [0.5, 0.6) is 5.75 Å². The second-order valence-corrected chi connectivity index (χ2v) is 4.32. The molecule has 0 aliphatic heterocycles. The first-order chi connectivity index (χ1) is 8.22. The van der Waals surface area contributed by atoms with E-state index >= 15 is 0 Å². The number of imidazole rings is 1. The number of hydrogen-bond donors (Lipinski definition) is 2. The van der Waals surface area contributed by atoms with Crippen molar-refractivity contribution in [3.05, 3.63) is 24.0 Å². The van der Waals surface area contributed by atoms with Gasteiger partial charge in [-0.1, -0.05) is 0 Å². The zero-order valence-electron chi connectivity index (χ0n) is 9.14. The number of rotatable bonds is 4. The number of carbonyl (C=O) groups is 1. The number of hydrogen-bond acceptors (Lipinski definition) is 3. The number of nitrogens with zero attached hydrogens (tertiary/aromatic N) is 1. The van der Waals surface area contributed by atoms with Crippen LogP contribution in [0.25, 0.3) is 11.0 Å². The first kappa shape index (κ1) is 10.1. The molecule has 0 saturated heterocycles. The highest BCUT2D eigenvalue weighted by molar-refractivity contribution is 5.89. The molecule has 17 heavy (non-hydrogen) atoms. The van der Waals surface area contributed by atoms with Crippen molar-refractivity contribution in [3.8, 4) is 5.75 Å². The van der Waals surface area contributed by atoms with Crippen LogP contribution in [-0.2, 0) is 0 Å². The van der Waals surface area contributed by atoms with Gasteiger partial charge in [0.15, 0.2) is 0 Å². The molecule has 1 aliphatic rings. The Balaban J connectivity index is 1.86. The number of benzene rings is 1. The number of H-pyrrole nitrogens is 1. The molecule has 1 heterocycles. The van der Waals surface area contributed by atoms with E-state index in [4.69, 9.17) is 9.84 Å². The maximum absolute atomic E-state index is 10.8. The highest BCUT2D eigenvalue weighted by Gasteiger charge is 2.22. The summed E-state index contributed by atoms with van der Waals surface area (Å²) in [5, 5.41) is 8.81. The van der Waals surface area contributed by atoms with E-state index in [2.05, 4.69) is 9.97 Å². The summed E-state index contributed by atoms with van der Waals surface area (Å²) in [4.78, 5) is 17.5. The molecule has 88 valence electrons. The van der Waals surface area contributed by atoms with Crippen LogP contribution >= 0.6 is 0 Å². The Hall–Kier alpha value is -2.04. The molecule has 1 fully saturated rings. The molecule has 0 amide bonds. The number of aromatic carboxylic acids is 1. The summed E-state index contributed by atoms with van der Waals surface area (Å²) in [7, 11) is 0. The second kappa shape index (κ2) is 3.76. The van der Waals surface area contributed by atoms with Gasteiger partial charge in [-0.2, -0.15) is 0 Å². The number of carboxylic acid groups (broad SMARTS) is 1. The fraction of sp³-hybridized carbons (Fsp3) is 0.333. The molecular weight excluding hydrogens is 220 g/mol. The lowest BCUT2D eigenvalue weighted by Crippen LogP contribution is -1.98. The molecule has 1 aliphatic carbocycles. The molecule has 0 atom stereocenters. The van der Waals surface area contributed by atoms with Crippen molar-refractivity contribution in [2.24, 2.45) is 5.92 Å². The molecule has 1 aromatic carbocycles. The SMILES string of the molecule is O=C(O)c1nc2ccc(OCC3CC3)cc2[nH]1. The summed E-state index contributed by atoms with van der Waals surface area (Å²) in [5.74, 6) is 0.355. The van der Waals surface area contributed by atoms with E-state index in [0.29, 0.717) is 17.0 Å². The molecule has 0 unspecified atom stereocenters. The fourth-order valence-corrected chi connectivity index (χ4v) is 1.68. The van der Waals surface area contributed by atoms with E-state index in [1.807, 2.05) is 6.07 Å². The summed E-state index contributed by atoms with van der Waals surface area (Å²) in [6.07, 6.45) is 2.49. The number of carboxylic acids is 1. The van der Waals surface area contributed by atoms with E-state index in [0.717, 1.165) is 12.4 Å². The molecule has 2 N–H and O–H groups in total. The number of ether oxygens (including phenoxy) is 1. The predicted molar refractivity (Wildman–Crippen MR) is 61.3 cm³/mol. The molecule has 0 radical (unpaired) electrons. The Bertz CT molecular complexity index is 572. The van der Waals surface area contributed by atoms with Crippen molar-refractivity contribution < 1.29 is 14.6 Å². The summed E-state index contributed by atoms with van der Waals surface area (Å²) >= 11 is 0. The Kier molecular flexibility index (Phi) is 2.24.